The minimum absolute atomic E-state index is 0.0314. The zero-order chi connectivity index (χ0) is 11.2. The highest BCUT2D eigenvalue weighted by atomic mass is 16.3. The third-order valence-corrected chi connectivity index (χ3v) is 4.04. The Bertz CT molecular complexity index is 517. The summed E-state index contributed by atoms with van der Waals surface area (Å²) in [6.07, 6.45) is 3.47. The van der Waals surface area contributed by atoms with E-state index in [1.54, 1.807) is 0 Å². The van der Waals surface area contributed by atoms with Crippen molar-refractivity contribution in [2.45, 2.75) is 31.6 Å². The molecule has 16 heavy (non-hydrogen) atoms. The second kappa shape index (κ2) is 3.36. The zero-order valence-corrected chi connectivity index (χ0v) is 9.59. The van der Waals surface area contributed by atoms with Gasteiger partial charge in [0.15, 0.2) is 0 Å². The Kier molecular flexibility index (Phi) is 2.08. The van der Waals surface area contributed by atoms with Crippen LogP contribution in [0.2, 0.25) is 0 Å². The van der Waals surface area contributed by atoms with Crippen LogP contribution in [-0.4, -0.2) is 16.7 Å². The number of aromatic amines is 1. The lowest BCUT2D eigenvalue weighted by atomic mass is 9.64. The number of aromatic nitrogens is 1. The van der Waals surface area contributed by atoms with Crippen molar-refractivity contribution in [3.05, 3.63) is 35.5 Å². The monoisotopic (exact) mass is 215 g/mol. The van der Waals surface area contributed by atoms with Crippen molar-refractivity contribution in [1.82, 2.24) is 4.98 Å². The molecule has 2 aromatic rings. The summed E-state index contributed by atoms with van der Waals surface area (Å²) >= 11 is 0. The minimum Gasteiger partial charge on any atom is -0.395 e. The van der Waals surface area contributed by atoms with Gasteiger partial charge in [-0.1, -0.05) is 24.6 Å². The van der Waals surface area contributed by atoms with E-state index in [9.17, 15) is 5.11 Å². The van der Waals surface area contributed by atoms with Crippen molar-refractivity contribution in [2.75, 3.05) is 6.61 Å². The zero-order valence-electron chi connectivity index (χ0n) is 9.59. The summed E-state index contributed by atoms with van der Waals surface area (Å²) in [7, 11) is 0. The number of H-pyrrole nitrogens is 1. The largest absolute Gasteiger partial charge is 0.395 e. The number of nitrogens with one attached hydrogen (secondary N) is 1. The van der Waals surface area contributed by atoms with Gasteiger partial charge in [0.25, 0.3) is 0 Å². The molecule has 0 atom stereocenters. The Morgan fingerprint density at radius 2 is 2.06 bits per heavy atom. The fraction of sp³-hybridized carbons (Fsp3) is 0.429. The molecule has 0 saturated heterocycles. The Morgan fingerprint density at radius 3 is 2.69 bits per heavy atom. The number of fused-ring (bicyclic) bond motifs is 1. The predicted octanol–water partition coefficient (Wildman–Crippen LogP) is 2.89. The van der Waals surface area contributed by atoms with Gasteiger partial charge in [0.05, 0.1) is 6.61 Å². The summed E-state index contributed by atoms with van der Waals surface area (Å²) in [5.41, 5.74) is 3.78. The van der Waals surface area contributed by atoms with E-state index in [1.165, 1.54) is 28.6 Å². The molecular formula is C14H17NO. The number of aliphatic hydroxyl groups excluding tert-OH is 1. The number of aliphatic hydroxyl groups is 1. The predicted molar refractivity (Wildman–Crippen MR) is 65.7 cm³/mol. The van der Waals surface area contributed by atoms with Crippen molar-refractivity contribution in [3.63, 3.8) is 0 Å². The Hall–Kier alpha value is -1.28. The van der Waals surface area contributed by atoms with E-state index >= 15 is 0 Å². The standard InChI is InChI=1S/C14H17NO/c1-10-13(14(9-16)7-4-8-14)11-5-2-3-6-12(11)15-10/h2-3,5-6,15-16H,4,7-9H2,1H3. The molecule has 1 aromatic carbocycles. The van der Waals surface area contributed by atoms with Gasteiger partial charge in [0.2, 0.25) is 0 Å². The number of benzene rings is 1. The van der Waals surface area contributed by atoms with Gasteiger partial charge in [0.1, 0.15) is 0 Å². The van der Waals surface area contributed by atoms with Crippen LogP contribution in [0.4, 0.5) is 0 Å². The second-order valence-corrected chi connectivity index (χ2v) is 4.96. The number of rotatable bonds is 2. The average molecular weight is 215 g/mol. The Morgan fingerprint density at radius 1 is 1.31 bits per heavy atom. The van der Waals surface area contributed by atoms with Crippen molar-refractivity contribution in [2.24, 2.45) is 0 Å². The smallest absolute Gasteiger partial charge is 0.0528 e. The summed E-state index contributed by atoms with van der Waals surface area (Å²) < 4.78 is 0. The molecule has 2 nitrogen and oxygen atoms in total. The first-order valence-corrected chi connectivity index (χ1v) is 5.95. The number of hydrogen-bond donors (Lipinski definition) is 2. The third-order valence-electron chi connectivity index (χ3n) is 4.04. The molecule has 0 amide bonds. The van der Waals surface area contributed by atoms with Gasteiger partial charge in [-0.15, -0.1) is 0 Å². The van der Waals surface area contributed by atoms with Gasteiger partial charge < -0.3 is 10.1 Å². The molecular weight excluding hydrogens is 198 g/mol. The van der Waals surface area contributed by atoms with Crippen molar-refractivity contribution >= 4 is 10.9 Å². The molecule has 1 fully saturated rings. The highest BCUT2D eigenvalue weighted by molar-refractivity contribution is 5.86. The average Bonchev–Trinajstić information content (AvgIpc) is 2.56. The first-order valence-electron chi connectivity index (χ1n) is 5.95. The van der Waals surface area contributed by atoms with Gasteiger partial charge in [-0.05, 0) is 31.4 Å². The summed E-state index contributed by atoms with van der Waals surface area (Å²) in [4.78, 5) is 3.42. The SMILES string of the molecule is Cc1[nH]c2ccccc2c1C1(CO)CCC1. The molecule has 1 aromatic heterocycles. The molecule has 2 heteroatoms. The number of hydrogen-bond acceptors (Lipinski definition) is 1. The lowest BCUT2D eigenvalue weighted by molar-refractivity contribution is 0.121. The van der Waals surface area contributed by atoms with Crippen LogP contribution in [0.5, 0.6) is 0 Å². The molecule has 3 rings (SSSR count). The van der Waals surface area contributed by atoms with Crippen LogP contribution in [0.1, 0.15) is 30.5 Å². The number of aryl methyl sites for hydroxylation is 1. The van der Waals surface area contributed by atoms with Crippen LogP contribution in [-0.2, 0) is 5.41 Å². The third kappa shape index (κ3) is 1.17. The van der Waals surface area contributed by atoms with Crippen LogP contribution in [0, 0.1) is 6.92 Å². The minimum atomic E-state index is 0.0314. The van der Waals surface area contributed by atoms with E-state index in [1.807, 2.05) is 0 Å². The highest BCUT2D eigenvalue weighted by Crippen LogP contribution is 2.47. The van der Waals surface area contributed by atoms with Crippen LogP contribution < -0.4 is 0 Å². The van der Waals surface area contributed by atoms with E-state index in [2.05, 4.69) is 36.2 Å². The van der Waals surface area contributed by atoms with E-state index in [0.29, 0.717) is 0 Å². The Balaban J connectivity index is 2.26. The molecule has 1 heterocycles. The quantitative estimate of drug-likeness (QED) is 0.794. The van der Waals surface area contributed by atoms with E-state index in [0.717, 1.165) is 12.8 Å². The molecule has 0 bridgehead atoms. The maximum atomic E-state index is 9.68. The van der Waals surface area contributed by atoms with Crippen molar-refractivity contribution in [3.8, 4) is 0 Å². The van der Waals surface area contributed by atoms with Gasteiger partial charge in [-0.2, -0.15) is 0 Å². The lowest BCUT2D eigenvalue weighted by Crippen LogP contribution is -2.38. The maximum absolute atomic E-state index is 9.68. The van der Waals surface area contributed by atoms with Gasteiger partial charge >= 0.3 is 0 Å². The van der Waals surface area contributed by atoms with Crippen molar-refractivity contribution < 1.29 is 5.11 Å². The lowest BCUT2D eigenvalue weighted by Gasteiger charge is -2.41. The molecule has 1 aliphatic carbocycles. The first-order chi connectivity index (χ1) is 7.77. The molecule has 84 valence electrons. The normalized spacial score (nSPS) is 18.6. The molecule has 2 N–H and O–H groups in total. The van der Waals surface area contributed by atoms with E-state index in [-0.39, 0.29) is 12.0 Å². The molecule has 1 aliphatic rings. The van der Waals surface area contributed by atoms with E-state index < -0.39 is 0 Å². The first kappa shape index (κ1) is 9.91. The topological polar surface area (TPSA) is 36.0 Å². The highest BCUT2D eigenvalue weighted by Gasteiger charge is 2.40. The number of para-hydroxylation sites is 1. The maximum Gasteiger partial charge on any atom is 0.0528 e. The van der Waals surface area contributed by atoms with Crippen LogP contribution in [0.3, 0.4) is 0 Å². The molecule has 1 saturated carbocycles. The molecule has 0 radical (unpaired) electrons. The van der Waals surface area contributed by atoms with Gasteiger partial charge in [-0.25, -0.2) is 0 Å². The summed E-state index contributed by atoms with van der Waals surface area (Å²) in [6, 6.07) is 8.39. The van der Waals surface area contributed by atoms with Crippen molar-refractivity contribution in [1.29, 1.82) is 0 Å². The van der Waals surface area contributed by atoms with Crippen LogP contribution in [0.15, 0.2) is 24.3 Å². The molecule has 0 aliphatic heterocycles. The fourth-order valence-corrected chi connectivity index (χ4v) is 3.05. The Labute approximate surface area is 95.3 Å². The fourth-order valence-electron chi connectivity index (χ4n) is 3.05. The molecule has 0 spiro atoms. The van der Waals surface area contributed by atoms with E-state index in [4.69, 9.17) is 0 Å². The second-order valence-electron chi connectivity index (χ2n) is 4.96. The molecule has 0 unspecified atom stereocenters. The van der Waals surface area contributed by atoms with Crippen LogP contribution in [0.25, 0.3) is 10.9 Å². The summed E-state index contributed by atoms with van der Waals surface area (Å²) in [5.74, 6) is 0. The van der Waals surface area contributed by atoms with Gasteiger partial charge in [0, 0.05) is 22.0 Å². The summed E-state index contributed by atoms with van der Waals surface area (Å²) in [5, 5.41) is 11.0. The van der Waals surface area contributed by atoms with Crippen LogP contribution >= 0.6 is 0 Å². The summed E-state index contributed by atoms with van der Waals surface area (Å²) in [6.45, 7) is 2.39. The van der Waals surface area contributed by atoms with Gasteiger partial charge in [-0.3, -0.25) is 0 Å².